The Bertz CT molecular complexity index is 1300. The van der Waals surface area contributed by atoms with Gasteiger partial charge in [0, 0.05) is 40.2 Å². The van der Waals surface area contributed by atoms with E-state index in [4.69, 9.17) is 9.47 Å². The molecular formula is C32H47FN6O7. The Kier molecular flexibility index (Phi) is 11.5. The number of likely N-dealkylation sites (tertiary alicyclic amines) is 1. The quantitative estimate of drug-likeness (QED) is 0.492. The van der Waals surface area contributed by atoms with E-state index in [9.17, 15) is 28.4 Å². The molecule has 0 bridgehead atoms. The first-order valence-corrected chi connectivity index (χ1v) is 15.9. The van der Waals surface area contributed by atoms with Crippen LogP contribution in [0.1, 0.15) is 63.2 Å². The Morgan fingerprint density at radius 2 is 1.80 bits per heavy atom. The van der Waals surface area contributed by atoms with E-state index in [1.807, 2.05) is 0 Å². The van der Waals surface area contributed by atoms with Crippen molar-refractivity contribution in [3.63, 3.8) is 0 Å². The summed E-state index contributed by atoms with van der Waals surface area (Å²) in [5.41, 5.74) is -0.796. The first kappa shape index (κ1) is 34.9. The van der Waals surface area contributed by atoms with E-state index < -0.39 is 47.5 Å². The molecule has 2 N–H and O–H groups in total. The monoisotopic (exact) mass is 646 g/mol. The molecule has 0 aromatic heterocycles. The molecule has 0 radical (unpaired) electrons. The second-order valence-corrected chi connectivity index (χ2v) is 13.3. The lowest BCUT2D eigenvalue weighted by atomic mass is 10.1. The SMILES string of the molecule is CN1CC(=O)N2C[C@H](NC(=O)OC(C)(C)C)C[C@H]2COc2ccc(F)cc2C(=O)N(C)[C@@H](C(=O)NCCN2CCCC2)CCC1=O. The lowest BCUT2D eigenvalue weighted by Gasteiger charge is -2.29. The van der Waals surface area contributed by atoms with Crippen LogP contribution in [0, 0.1) is 5.82 Å². The molecule has 3 heterocycles. The molecule has 2 fully saturated rings. The zero-order valence-corrected chi connectivity index (χ0v) is 27.5. The number of carbonyl (C=O) groups excluding carboxylic acids is 5. The van der Waals surface area contributed by atoms with Crippen molar-refractivity contribution < 1.29 is 37.8 Å². The number of ether oxygens (including phenoxy) is 2. The smallest absolute Gasteiger partial charge is 0.407 e. The van der Waals surface area contributed by atoms with Gasteiger partial charge in [-0.15, -0.1) is 0 Å². The Balaban J connectivity index is 1.56. The van der Waals surface area contributed by atoms with Crippen molar-refractivity contribution >= 4 is 29.7 Å². The van der Waals surface area contributed by atoms with Crippen molar-refractivity contribution in [3.05, 3.63) is 29.6 Å². The van der Waals surface area contributed by atoms with Gasteiger partial charge < -0.3 is 39.7 Å². The Morgan fingerprint density at radius 3 is 2.50 bits per heavy atom. The minimum atomic E-state index is -1.02. The molecule has 1 aromatic rings. The highest BCUT2D eigenvalue weighted by Gasteiger charge is 2.38. The van der Waals surface area contributed by atoms with Gasteiger partial charge in [0.25, 0.3) is 5.91 Å². The highest BCUT2D eigenvalue weighted by atomic mass is 19.1. The van der Waals surface area contributed by atoms with Gasteiger partial charge in [-0.1, -0.05) is 0 Å². The largest absolute Gasteiger partial charge is 0.491 e. The van der Waals surface area contributed by atoms with Crippen molar-refractivity contribution in [1.29, 1.82) is 0 Å². The normalized spacial score (nSPS) is 23.7. The van der Waals surface area contributed by atoms with E-state index in [1.54, 1.807) is 25.7 Å². The fourth-order valence-corrected chi connectivity index (χ4v) is 6.07. The van der Waals surface area contributed by atoms with E-state index in [0.717, 1.165) is 32.0 Å². The van der Waals surface area contributed by atoms with E-state index in [1.165, 1.54) is 36.0 Å². The number of halogens is 1. The molecule has 4 rings (SSSR count). The van der Waals surface area contributed by atoms with Crippen LogP contribution in [-0.4, -0.2) is 133 Å². The van der Waals surface area contributed by atoms with Gasteiger partial charge >= 0.3 is 6.09 Å². The molecule has 0 spiro atoms. The second kappa shape index (κ2) is 15.1. The number of carbonyl (C=O) groups is 5. The van der Waals surface area contributed by atoms with Crippen molar-refractivity contribution in [1.82, 2.24) is 30.2 Å². The van der Waals surface area contributed by atoms with E-state index in [-0.39, 0.29) is 55.7 Å². The molecule has 3 aliphatic heterocycles. The summed E-state index contributed by atoms with van der Waals surface area (Å²) in [5, 5.41) is 5.70. The van der Waals surface area contributed by atoms with Crippen LogP contribution in [0.15, 0.2) is 18.2 Å². The van der Waals surface area contributed by atoms with Gasteiger partial charge in [0.15, 0.2) is 0 Å². The first-order chi connectivity index (χ1) is 21.7. The van der Waals surface area contributed by atoms with E-state index in [0.29, 0.717) is 19.5 Å². The van der Waals surface area contributed by atoms with Gasteiger partial charge in [-0.2, -0.15) is 0 Å². The van der Waals surface area contributed by atoms with Crippen LogP contribution in [0.4, 0.5) is 9.18 Å². The maximum atomic E-state index is 14.5. The predicted molar refractivity (Wildman–Crippen MR) is 167 cm³/mol. The Hall–Kier alpha value is -3.94. The van der Waals surface area contributed by atoms with E-state index >= 15 is 0 Å². The zero-order chi connectivity index (χ0) is 33.6. The van der Waals surface area contributed by atoms with Gasteiger partial charge in [-0.3, -0.25) is 19.2 Å². The molecule has 14 heteroatoms. The van der Waals surface area contributed by atoms with Gasteiger partial charge in [0.1, 0.15) is 29.8 Å². The summed E-state index contributed by atoms with van der Waals surface area (Å²) in [6, 6.07) is 1.56. The lowest BCUT2D eigenvalue weighted by molar-refractivity contribution is -0.140. The number of nitrogens with zero attached hydrogens (tertiary/aromatic N) is 4. The fraction of sp³-hybridized carbons (Fsp3) is 0.656. The van der Waals surface area contributed by atoms with Crippen molar-refractivity contribution in [3.8, 4) is 5.75 Å². The van der Waals surface area contributed by atoms with Gasteiger partial charge in [0.2, 0.25) is 17.7 Å². The summed E-state index contributed by atoms with van der Waals surface area (Å²) in [4.78, 5) is 72.7. The highest BCUT2D eigenvalue weighted by molar-refractivity contribution is 5.99. The molecule has 3 aliphatic rings. The Labute approximate surface area is 269 Å². The third-order valence-electron chi connectivity index (χ3n) is 8.51. The number of likely N-dealkylation sites (N-methyl/N-ethyl adjacent to an activating group) is 2. The van der Waals surface area contributed by atoms with Gasteiger partial charge in [-0.05, 0) is 77.7 Å². The molecule has 0 saturated carbocycles. The number of hydrogen-bond donors (Lipinski definition) is 2. The molecular weight excluding hydrogens is 599 g/mol. The molecule has 0 unspecified atom stereocenters. The van der Waals surface area contributed by atoms with Gasteiger partial charge in [0.05, 0.1) is 24.2 Å². The first-order valence-electron chi connectivity index (χ1n) is 15.9. The summed E-state index contributed by atoms with van der Waals surface area (Å²) in [5.74, 6) is -2.37. The minimum absolute atomic E-state index is 0.00508. The van der Waals surface area contributed by atoms with Crippen LogP contribution in [0.3, 0.4) is 0 Å². The molecule has 46 heavy (non-hydrogen) atoms. The van der Waals surface area contributed by atoms with Crippen LogP contribution < -0.4 is 15.4 Å². The summed E-state index contributed by atoms with van der Waals surface area (Å²) in [6.45, 7) is 8.12. The average molecular weight is 647 g/mol. The summed E-state index contributed by atoms with van der Waals surface area (Å²) >= 11 is 0. The Morgan fingerprint density at radius 1 is 1.09 bits per heavy atom. The number of nitrogens with one attached hydrogen (secondary N) is 2. The highest BCUT2D eigenvalue weighted by Crippen LogP contribution is 2.26. The molecule has 3 atom stereocenters. The number of benzene rings is 1. The van der Waals surface area contributed by atoms with Crippen LogP contribution >= 0.6 is 0 Å². The maximum Gasteiger partial charge on any atom is 0.407 e. The minimum Gasteiger partial charge on any atom is -0.491 e. The molecule has 254 valence electrons. The number of amides is 5. The predicted octanol–water partition coefficient (Wildman–Crippen LogP) is 1.60. The van der Waals surface area contributed by atoms with Gasteiger partial charge in [-0.25, -0.2) is 9.18 Å². The summed E-state index contributed by atoms with van der Waals surface area (Å²) < 4.78 is 25.9. The fourth-order valence-electron chi connectivity index (χ4n) is 6.07. The lowest BCUT2D eigenvalue weighted by Crippen LogP contribution is -2.49. The molecule has 5 amide bonds. The molecule has 1 aromatic carbocycles. The van der Waals surface area contributed by atoms with E-state index in [2.05, 4.69) is 15.5 Å². The van der Waals surface area contributed by atoms with Crippen LogP contribution in [-0.2, 0) is 19.1 Å². The van der Waals surface area contributed by atoms with Crippen molar-refractivity contribution in [2.75, 3.05) is 60.0 Å². The topological polar surface area (TPSA) is 141 Å². The van der Waals surface area contributed by atoms with Crippen LogP contribution in [0.5, 0.6) is 5.75 Å². The number of hydrogen-bond acceptors (Lipinski definition) is 8. The number of rotatable bonds is 5. The number of fused-ring (bicyclic) bond motifs is 2. The third-order valence-corrected chi connectivity index (χ3v) is 8.51. The second-order valence-electron chi connectivity index (χ2n) is 13.3. The summed E-state index contributed by atoms with van der Waals surface area (Å²) in [7, 11) is 2.96. The van der Waals surface area contributed by atoms with Crippen LogP contribution in [0.2, 0.25) is 0 Å². The zero-order valence-electron chi connectivity index (χ0n) is 27.5. The average Bonchev–Trinajstić information content (AvgIpc) is 3.64. The van der Waals surface area contributed by atoms with Crippen molar-refractivity contribution in [2.24, 2.45) is 0 Å². The van der Waals surface area contributed by atoms with Crippen molar-refractivity contribution in [2.45, 2.75) is 76.6 Å². The molecule has 13 nitrogen and oxygen atoms in total. The third kappa shape index (κ3) is 9.30. The summed E-state index contributed by atoms with van der Waals surface area (Å²) in [6.07, 6.45) is 1.83. The molecule has 0 aliphatic carbocycles. The van der Waals surface area contributed by atoms with Crippen LogP contribution in [0.25, 0.3) is 0 Å². The maximum absolute atomic E-state index is 14.5. The number of alkyl carbamates (subject to hydrolysis) is 1. The molecule has 2 saturated heterocycles. The standard InChI is InChI=1S/C32H47FN6O7/c1-32(2,3)46-31(44)35-22-17-23-20-45-26-10-8-21(33)16-24(26)30(43)37(5)25(29(42)34-12-15-38-13-6-7-14-38)9-11-27(40)36(4)19-28(41)39(23)18-22/h8,10,16,22-23,25H,6-7,9,11-15,17-20H2,1-5H3,(H,34,42)(H,35,44)/t22-,23+,25-/m1/s1.